The van der Waals surface area contributed by atoms with Gasteiger partial charge in [0.25, 0.3) is 0 Å². The number of carboxylic acid groups (broad SMARTS) is 1. The van der Waals surface area contributed by atoms with Crippen molar-refractivity contribution in [1.29, 1.82) is 0 Å². The first-order valence-corrected chi connectivity index (χ1v) is 6.88. The highest BCUT2D eigenvalue weighted by Gasteiger charge is 2.27. The van der Waals surface area contributed by atoms with Gasteiger partial charge in [-0.3, -0.25) is 0 Å². The fraction of sp³-hybridized carbons (Fsp3) is 0.562. The summed E-state index contributed by atoms with van der Waals surface area (Å²) >= 11 is 0. The molecule has 3 N–H and O–H groups in total. The molecule has 0 saturated carbocycles. The lowest BCUT2D eigenvalue weighted by atomic mass is 9.86. The molecule has 20 heavy (non-hydrogen) atoms. The molecule has 0 aromatic heterocycles. The summed E-state index contributed by atoms with van der Waals surface area (Å²) in [6.07, 6.45) is 1.35. The minimum absolute atomic E-state index is 0.0533. The maximum atomic E-state index is 10.2. The van der Waals surface area contributed by atoms with Crippen LogP contribution in [0.15, 0.2) is 30.3 Å². The number of carboxylic acids is 1. The van der Waals surface area contributed by atoms with Gasteiger partial charge in [0.2, 0.25) is 0 Å². The third-order valence-corrected chi connectivity index (χ3v) is 3.30. The van der Waals surface area contributed by atoms with Crippen molar-refractivity contribution >= 4 is 5.97 Å². The summed E-state index contributed by atoms with van der Waals surface area (Å²) < 4.78 is 0. The largest absolute Gasteiger partial charge is 0.478 e. The quantitative estimate of drug-likeness (QED) is 0.776. The van der Waals surface area contributed by atoms with E-state index in [4.69, 9.17) is 5.11 Å². The molecular weight excluding hydrogens is 256 g/mol. The summed E-state index contributed by atoms with van der Waals surface area (Å²) in [6.45, 7) is 7.37. The standard InChI is InChI=1S/C9H20O2.C7H6O2/c1-5-6-8(10)7(2)9(3,4)11;8-7(9)6-4-2-1-3-5-6/h7-8,10-11H,5-6H2,1-4H3;1-5H,(H,8,9). The minimum atomic E-state index is -0.879. The molecule has 0 amide bonds. The van der Waals surface area contributed by atoms with Crippen molar-refractivity contribution in [2.75, 3.05) is 0 Å². The Balaban J connectivity index is 0.000000367. The predicted octanol–water partition coefficient (Wildman–Crippen LogP) is 2.94. The second-order valence-corrected chi connectivity index (χ2v) is 5.47. The molecule has 1 aromatic rings. The molecule has 4 nitrogen and oxygen atoms in total. The third kappa shape index (κ3) is 7.26. The molecule has 0 fully saturated rings. The second-order valence-electron chi connectivity index (χ2n) is 5.47. The molecule has 0 heterocycles. The molecule has 2 atom stereocenters. The van der Waals surface area contributed by atoms with E-state index in [0.29, 0.717) is 5.56 Å². The van der Waals surface area contributed by atoms with Gasteiger partial charge in [-0.2, -0.15) is 0 Å². The highest BCUT2D eigenvalue weighted by molar-refractivity contribution is 5.87. The first-order valence-electron chi connectivity index (χ1n) is 6.88. The van der Waals surface area contributed by atoms with Crippen LogP contribution in [0.25, 0.3) is 0 Å². The van der Waals surface area contributed by atoms with Crippen molar-refractivity contribution in [2.24, 2.45) is 5.92 Å². The Morgan fingerprint density at radius 1 is 1.25 bits per heavy atom. The number of aliphatic hydroxyl groups is 2. The highest BCUT2D eigenvalue weighted by atomic mass is 16.4. The van der Waals surface area contributed by atoms with Gasteiger partial charge < -0.3 is 15.3 Å². The van der Waals surface area contributed by atoms with Crippen molar-refractivity contribution in [3.05, 3.63) is 35.9 Å². The zero-order valence-corrected chi connectivity index (χ0v) is 12.7. The van der Waals surface area contributed by atoms with Crippen LogP contribution in [0.5, 0.6) is 0 Å². The Morgan fingerprint density at radius 3 is 2.05 bits per heavy atom. The summed E-state index contributed by atoms with van der Waals surface area (Å²) in [4.78, 5) is 10.2. The molecule has 2 unspecified atom stereocenters. The fourth-order valence-electron chi connectivity index (χ4n) is 1.60. The van der Waals surface area contributed by atoms with Crippen LogP contribution in [0.2, 0.25) is 0 Å². The Hall–Kier alpha value is -1.39. The Labute approximate surface area is 121 Å². The van der Waals surface area contributed by atoms with Gasteiger partial charge >= 0.3 is 5.97 Å². The van der Waals surface area contributed by atoms with Crippen molar-refractivity contribution in [3.8, 4) is 0 Å². The Bertz CT molecular complexity index is 381. The van der Waals surface area contributed by atoms with Gasteiger partial charge in [0, 0.05) is 5.92 Å². The molecule has 0 aliphatic carbocycles. The van der Waals surface area contributed by atoms with E-state index in [9.17, 15) is 15.0 Å². The van der Waals surface area contributed by atoms with Crippen LogP contribution in [0.4, 0.5) is 0 Å². The van der Waals surface area contributed by atoms with Crippen molar-refractivity contribution in [2.45, 2.75) is 52.2 Å². The van der Waals surface area contributed by atoms with Gasteiger partial charge in [-0.25, -0.2) is 4.79 Å². The number of aliphatic hydroxyl groups excluding tert-OH is 1. The van der Waals surface area contributed by atoms with Crippen LogP contribution in [0, 0.1) is 5.92 Å². The Morgan fingerprint density at radius 2 is 1.75 bits per heavy atom. The van der Waals surface area contributed by atoms with E-state index in [1.165, 1.54) is 0 Å². The van der Waals surface area contributed by atoms with Crippen molar-refractivity contribution in [1.82, 2.24) is 0 Å². The number of hydrogen-bond donors (Lipinski definition) is 3. The minimum Gasteiger partial charge on any atom is -0.478 e. The zero-order chi connectivity index (χ0) is 15.8. The molecule has 0 aliphatic rings. The number of aromatic carboxylic acids is 1. The van der Waals surface area contributed by atoms with Crippen LogP contribution in [0.1, 0.15) is 50.9 Å². The van der Waals surface area contributed by atoms with Gasteiger partial charge in [-0.15, -0.1) is 0 Å². The molecule has 0 bridgehead atoms. The normalized spacial score (nSPS) is 13.9. The third-order valence-electron chi connectivity index (χ3n) is 3.30. The number of rotatable bonds is 5. The van der Waals surface area contributed by atoms with Crippen molar-refractivity contribution < 1.29 is 20.1 Å². The maximum Gasteiger partial charge on any atom is 0.335 e. The first-order chi connectivity index (χ1) is 9.20. The summed E-state index contributed by atoms with van der Waals surface area (Å²) in [6, 6.07) is 8.30. The zero-order valence-electron chi connectivity index (χ0n) is 12.7. The van der Waals surface area contributed by atoms with E-state index in [2.05, 4.69) is 0 Å². The molecule has 114 valence electrons. The van der Waals surface area contributed by atoms with E-state index >= 15 is 0 Å². The topological polar surface area (TPSA) is 77.8 Å². The van der Waals surface area contributed by atoms with Crippen LogP contribution in [-0.2, 0) is 0 Å². The number of carbonyl (C=O) groups is 1. The van der Waals surface area contributed by atoms with E-state index in [0.717, 1.165) is 12.8 Å². The fourth-order valence-corrected chi connectivity index (χ4v) is 1.60. The van der Waals surface area contributed by atoms with Crippen LogP contribution in [0.3, 0.4) is 0 Å². The maximum absolute atomic E-state index is 10.2. The van der Waals surface area contributed by atoms with Gasteiger partial charge in [0.1, 0.15) is 0 Å². The van der Waals surface area contributed by atoms with Crippen molar-refractivity contribution in [3.63, 3.8) is 0 Å². The lowest BCUT2D eigenvalue weighted by molar-refractivity contribution is -0.0403. The van der Waals surface area contributed by atoms with Gasteiger partial charge in [-0.1, -0.05) is 38.5 Å². The predicted molar refractivity (Wildman–Crippen MR) is 79.8 cm³/mol. The average molecular weight is 282 g/mol. The van der Waals surface area contributed by atoms with Gasteiger partial charge in [-0.05, 0) is 32.4 Å². The van der Waals surface area contributed by atoms with Crippen LogP contribution >= 0.6 is 0 Å². The molecule has 0 spiro atoms. The number of hydrogen-bond acceptors (Lipinski definition) is 3. The van der Waals surface area contributed by atoms with Gasteiger partial charge in [0.15, 0.2) is 0 Å². The first kappa shape index (κ1) is 18.6. The summed E-state index contributed by atoms with van der Waals surface area (Å²) in [7, 11) is 0. The molecular formula is C16H26O4. The molecule has 1 aromatic carbocycles. The monoisotopic (exact) mass is 282 g/mol. The summed E-state index contributed by atoms with van der Waals surface area (Å²) in [5.74, 6) is -0.932. The van der Waals surface area contributed by atoms with E-state index < -0.39 is 11.6 Å². The lowest BCUT2D eigenvalue weighted by Gasteiger charge is -2.29. The van der Waals surface area contributed by atoms with E-state index in [1.54, 1.807) is 44.2 Å². The van der Waals surface area contributed by atoms with Crippen LogP contribution < -0.4 is 0 Å². The highest BCUT2D eigenvalue weighted by Crippen LogP contribution is 2.21. The van der Waals surface area contributed by atoms with E-state index in [1.807, 2.05) is 13.8 Å². The molecule has 4 heteroatoms. The van der Waals surface area contributed by atoms with Crippen LogP contribution in [-0.4, -0.2) is 33.0 Å². The SMILES string of the molecule is CCCC(O)C(C)C(C)(C)O.O=C(O)c1ccccc1. The average Bonchev–Trinajstić information content (AvgIpc) is 2.38. The van der Waals surface area contributed by atoms with Gasteiger partial charge in [0.05, 0.1) is 17.3 Å². The molecule has 1 rings (SSSR count). The number of benzene rings is 1. The molecule has 0 radical (unpaired) electrons. The van der Waals surface area contributed by atoms with E-state index in [-0.39, 0.29) is 12.0 Å². The molecule has 0 aliphatic heterocycles. The summed E-state index contributed by atoms with van der Waals surface area (Å²) in [5, 5.41) is 27.4. The lowest BCUT2D eigenvalue weighted by Crippen LogP contribution is -2.37. The smallest absolute Gasteiger partial charge is 0.335 e. The second kappa shape index (κ2) is 8.72. The molecule has 0 saturated heterocycles. The Kier molecular flexibility index (Phi) is 8.11. The summed E-state index contributed by atoms with van der Waals surface area (Å²) in [5.41, 5.74) is -0.438.